The molecular formula is C16H18Cl3NO4. The number of ether oxygens (including phenoxy) is 2. The molecule has 0 radical (unpaired) electrons. The van der Waals surface area contributed by atoms with Crippen LogP contribution in [0.1, 0.15) is 31.7 Å². The minimum absolute atomic E-state index is 0.0114. The fourth-order valence-corrected chi connectivity index (χ4v) is 3.52. The number of halogens is 3. The first-order valence-electron chi connectivity index (χ1n) is 7.68. The normalized spacial score (nSPS) is 17.5. The van der Waals surface area contributed by atoms with Crippen molar-refractivity contribution < 1.29 is 19.1 Å². The summed E-state index contributed by atoms with van der Waals surface area (Å²) in [5, 5.41) is 1.07. The highest BCUT2D eigenvalue weighted by atomic mass is 35.5. The summed E-state index contributed by atoms with van der Waals surface area (Å²) in [6.07, 6.45) is 0.900. The van der Waals surface area contributed by atoms with Crippen molar-refractivity contribution >= 4 is 46.9 Å². The van der Waals surface area contributed by atoms with E-state index in [1.807, 2.05) is 0 Å². The average Bonchev–Trinajstić information content (AvgIpc) is 2.51. The average molecular weight is 395 g/mol. The Morgan fingerprint density at radius 2 is 1.88 bits per heavy atom. The van der Waals surface area contributed by atoms with Crippen molar-refractivity contribution in [3.63, 3.8) is 0 Å². The highest BCUT2D eigenvalue weighted by molar-refractivity contribution is 6.39. The lowest BCUT2D eigenvalue weighted by atomic mass is 10.1. The molecule has 1 atom stereocenters. The van der Waals surface area contributed by atoms with E-state index in [0.29, 0.717) is 33.6 Å². The van der Waals surface area contributed by atoms with Crippen LogP contribution in [0.4, 0.5) is 4.79 Å². The first-order valence-corrected chi connectivity index (χ1v) is 8.82. The number of amides is 1. The van der Waals surface area contributed by atoms with E-state index < -0.39 is 12.4 Å². The quantitative estimate of drug-likeness (QED) is 0.695. The zero-order valence-corrected chi connectivity index (χ0v) is 15.5. The number of nitrogens with zero attached hydrogens (tertiary/aromatic N) is 1. The van der Waals surface area contributed by atoms with Gasteiger partial charge in [-0.05, 0) is 37.5 Å². The van der Waals surface area contributed by atoms with E-state index in [9.17, 15) is 9.59 Å². The summed E-state index contributed by atoms with van der Waals surface area (Å²) >= 11 is 18.2. The minimum atomic E-state index is -0.773. The van der Waals surface area contributed by atoms with E-state index in [-0.39, 0.29) is 18.9 Å². The number of likely N-dealkylation sites (tertiary alicyclic amines) is 1. The summed E-state index contributed by atoms with van der Waals surface area (Å²) in [6, 6.07) is 3.08. The molecule has 1 amide bonds. The van der Waals surface area contributed by atoms with Gasteiger partial charge in [0.05, 0.1) is 13.0 Å². The minimum Gasteiger partial charge on any atom is -0.435 e. The van der Waals surface area contributed by atoms with E-state index in [2.05, 4.69) is 0 Å². The van der Waals surface area contributed by atoms with Crippen LogP contribution in [0.5, 0.6) is 0 Å². The molecule has 1 heterocycles. The molecule has 8 heteroatoms. The number of carbonyl (C=O) groups is 2. The van der Waals surface area contributed by atoms with Gasteiger partial charge >= 0.3 is 6.16 Å². The Balaban J connectivity index is 2.10. The number of benzene rings is 1. The molecule has 1 fully saturated rings. The van der Waals surface area contributed by atoms with Gasteiger partial charge in [0.25, 0.3) is 0 Å². The van der Waals surface area contributed by atoms with Crippen LogP contribution in [-0.4, -0.2) is 36.3 Å². The van der Waals surface area contributed by atoms with Gasteiger partial charge in [-0.3, -0.25) is 4.79 Å². The highest BCUT2D eigenvalue weighted by Gasteiger charge is 2.30. The molecule has 1 saturated heterocycles. The predicted molar refractivity (Wildman–Crippen MR) is 92.6 cm³/mol. The first kappa shape index (κ1) is 19.2. The number of hydrogen-bond donors (Lipinski definition) is 0. The van der Waals surface area contributed by atoms with E-state index in [1.54, 1.807) is 19.1 Å². The largest absolute Gasteiger partial charge is 0.510 e. The monoisotopic (exact) mass is 393 g/mol. The highest BCUT2D eigenvalue weighted by Crippen LogP contribution is 2.30. The third-order valence-electron chi connectivity index (χ3n) is 3.70. The van der Waals surface area contributed by atoms with E-state index >= 15 is 0 Å². The van der Waals surface area contributed by atoms with Gasteiger partial charge in [-0.2, -0.15) is 0 Å². The van der Waals surface area contributed by atoms with Crippen LogP contribution in [0.25, 0.3) is 0 Å². The Bertz CT molecular complexity index is 600. The van der Waals surface area contributed by atoms with Gasteiger partial charge in [0.15, 0.2) is 6.23 Å². The molecule has 1 aliphatic heterocycles. The van der Waals surface area contributed by atoms with Crippen molar-refractivity contribution in [3.05, 3.63) is 32.8 Å². The van der Waals surface area contributed by atoms with Gasteiger partial charge in [-0.25, -0.2) is 4.79 Å². The Hall–Kier alpha value is -1.17. The van der Waals surface area contributed by atoms with Crippen molar-refractivity contribution in [3.8, 4) is 0 Å². The van der Waals surface area contributed by atoms with Crippen molar-refractivity contribution in [2.45, 2.75) is 38.8 Å². The maximum absolute atomic E-state index is 12.7. The molecule has 24 heavy (non-hydrogen) atoms. The van der Waals surface area contributed by atoms with Crippen LogP contribution in [0.3, 0.4) is 0 Å². The topological polar surface area (TPSA) is 55.8 Å². The molecule has 1 unspecified atom stereocenters. The summed E-state index contributed by atoms with van der Waals surface area (Å²) < 4.78 is 10.0. The number of carbonyl (C=O) groups excluding carboxylic acids is 2. The van der Waals surface area contributed by atoms with E-state index in [0.717, 1.165) is 12.8 Å². The standard InChI is InChI=1S/C16H18Cl3NO4/c1-2-23-16(22)24-15-5-3-4-6-20(15)14(21)9-11-12(18)7-10(17)8-13(11)19/h7-8,15H,2-6,9H2,1H3. The van der Waals surface area contributed by atoms with Crippen molar-refractivity contribution in [1.82, 2.24) is 4.90 Å². The number of rotatable bonds is 4. The fraction of sp³-hybridized carbons (Fsp3) is 0.500. The molecule has 2 rings (SSSR count). The van der Waals surface area contributed by atoms with Gasteiger partial charge in [-0.15, -0.1) is 0 Å². The SMILES string of the molecule is CCOC(=O)OC1CCCCN1C(=O)Cc1c(Cl)cc(Cl)cc1Cl. The summed E-state index contributed by atoms with van der Waals surface area (Å²) in [5.74, 6) is -0.213. The van der Waals surface area contributed by atoms with Gasteiger partial charge in [0, 0.05) is 28.0 Å². The molecule has 0 spiro atoms. The van der Waals surface area contributed by atoms with Crippen LogP contribution in [-0.2, 0) is 20.7 Å². The summed E-state index contributed by atoms with van der Waals surface area (Å²) in [5.41, 5.74) is 0.508. The summed E-state index contributed by atoms with van der Waals surface area (Å²) in [4.78, 5) is 25.7. The van der Waals surface area contributed by atoms with Gasteiger partial charge in [-0.1, -0.05) is 34.8 Å². The van der Waals surface area contributed by atoms with E-state index in [1.165, 1.54) is 4.90 Å². The summed E-state index contributed by atoms with van der Waals surface area (Å²) in [7, 11) is 0. The lowest BCUT2D eigenvalue weighted by Gasteiger charge is -2.34. The molecule has 1 aromatic rings. The van der Waals surface area contributed by atoms with Gasteiger partial charge in [0.1, 0.15) is 0 Å². The predicted octanol–water partition coefficient (Wildman–Crippen LogP) is 4.70. The van der Waals surface area contributed by atoms with Crippen LogP contribution < -0.4 is 0 Å². The molecule has 0 N–H and O–H groups in total. The van der Waals surface area contributed by atoms with Gasteiger partial charge in [0.2, 0.25) is 5.91 Å². The second-order valence-corrected chi connectivity index (χ2v) is 6.61. The Kier molecular flexibility index (Phi) is 7.02. The van der Waals surface area contributed by atoms with E-state index in [4.69, 9.17) is 44.3 Å². The Morgan fingerprint density at radius 3 is 2.50 bits per heavy atom. The van der Waals surface area contributed by atoms with Gasteiger partial charge < -0.3 is 14.4 Å². The molecule has 0 aromatic heterocycles. The zero-order chi connectivity index (χ0) is 17.7. The zero-order valence-electron chi connectivity index (χ0n) is 13.2. The fourth-order valence-electron chi connectivity index (χ4n) is 2.57. The molecule has 0 aliphatic carbocycles. The molecule has 1 aliphatic rings. The molecule has 1 aromatic carbocycles. The van der Waals surface area contributed by atoms with Crippen molar-refractivity contribution in [1.29, 1.82) is 0 Å². The van der Waals surface area contributed by atoms with Crippen LogP contribution in [0.15, 0.2) is 12.1 Å². The molecule has 132 valence electrons. The molecule has 5 nitrogen and oxygen atoms in total. The lowest BCUT2D eigenvalue weighted by Crippen LogP contribution is -2.46. The Labute approximate surface area is 155 Å². The smallest absolute Gasteiger partial charge is 0.435 e. The third-order valence-corrected chi connectivity index (χ3v) is 4.59. The van der Waals surface area contributed by atoms with Crippen LogP contribution in [0.2, 0.25) is 15.1 Å². The van der Waals surface area contributed by atoms with Crippen molar-refractivity contribution in [2.24, 2.45) is 0 Å². The second kappa shape index (κ2) is 8.79. The second-order valence-electron chi connectivity index (χ2n) is 5.36. The maximum Gasteiger partial charge on any atom is 0.510 e. The first-order chi connectivity index (χ1) is 11.4. The molecular weight excluding hydrogens is 377 g/mol. The number of piperidine rings is 1. The van der Waals surface area contributed by atoms with Crippen molar-refractivity contribution in [2.75, 3.05) is 13.2 Å². The maximum atomic E-state index is 12.7. The van der Waals surface area contributed by atoms with Crippen LogP contribution >= 0.6 is 34.8 Å². The summed E-state index contributed by atoms with van der Waals surface area (Å²) in [6.45, 7) is 2.41. The third kappa shape index (κ3) is 4.91. The van der Waals surface area contributed by atoms with Crippen LogP contribution in [0, 0.1) is 0 Å². The number of hydrogen-bond acceptors (Lipinski definition) is 4. The molecule has 0 bridgehead atoms. The lowest BCUT2D eigenvalue weighted by molar-refractivity contribution is -0.145. The Morgan fingerprint density at radius 1 is 1.21 bits per heavy atom. The molecule has 0 saturated carbocycles.